The number of aromatic nitrogens is 2. The van der Waals surface area contributed by atoms with Crippen LogP contribution in [0.15, 0.2) is 36.7 Å². The molecule has 2 aliphatic rings. The van der Waals surface area contributed by atoms with E-state index in [9.17, 15) is 9.59 Å². The molecule has 1 saturated heterocycles. The lowest BCUT2D eigenvalue weighted by atomic mass is 9.73. The number of piperidine rings is 1. The summed E-state index contributed by atoms with van der Waals surface area (Å²) in [5.74, 6) is 1.16. The predicted octanol–water partition coefficient (Wildman–Crippen LogP) is 3.09. The zero-order chi connectivity index (χ0) is 24.0. The van der Waals surface area contributed by atoms with Crippen LogP contribution in [0.5, 0.6) is 5.75 Å². The smallest absolute Gasteiger partial charge is 0.238 e. The highest BCUT2D eigenvalue weighted by Gasteiger charge is 2.43. The summed E-state index contributed by atoms with van der Waals surface area (Å²) < 4.78 is 7.74. The Hall–Kier alpha value is -2.87. The lowest BCUT2D eigenvalue weighted by Gasteiger charge is -2.43. The van der Waals surface area contributed by atoms with Crippen LogP contribution in [0.2, 0.25) is 0 Å². The molecule has 2 amide bonds. The Labute approximate surface area is 202 Å². The summed E-state index contributed by atoms with van der Waals surface area (Å²) in [5.41, 5.74) is 1.62. The van der Waals surface area contributed by atoms with Crippen LogP contribution < -0.4 is 10.1 Å². The van der Waals surface area contributed by atoms with Gasteiger partial charge in [-0.15, -0.1) is 0 Å². The van der Waals surface area contributed by atoms with Crippen LogP contribution in [0.3, 0.4) is 0 Å². The number of nitrogens with one attached hydrogen (secondary N) is 1. The number of likely N-dealkylation sites (N-methyl/N-ethyl adjacent to an activating group) is 1. The van der Waals surface area contributed by atoms with Crippen LogP contribution >= 0.6 is 0 Å². The molecule has 0 bridgehead atoms. The van der Waals surface area contributed by atoms with Gasteiger partial charge in [-0.2, -0.15) is 5.10 Å². The van der Waals surface area contributed by atoms with Gasteiger partial charge in [-0.3, -0.25) is 19.2 Å². The van der Waals surface area contributed by atoms with Gasteiger partial charge in [0.1, 0.15) is 12.4 Å². The van der Waals surface area contributed by atoms with Gasteiger partial charge in [-0.25, -0.2) is 0 Å². The van der Waals surface area contributed by atoms with E-state index >= 15 is 0 Å². The molecule has 1 aromatic carbocycles. The fraction of sp³-hybridized carbons (Fsp3) is 0.577. The van der Waals surface area contributed by atoms with Gasteiger partial charge >= 0.3 is 0 Å². The molecule has 184 valence electrons. The number of para-hydroxylation sites is 1. The zero-order valence-electron chi connectivity index (χ0n) is 20.5. The number of amides is 2. The Kier molecular flexibility index (Phi) is 7.88. The van der Waals surface area contributed by atoms with E-state index in [1.807, 2.05) is 31.0 Å². The quantitative estimate of drug-likeness (QED) is 0.748. The molecule has 1 fully saturated rings. The second-order valence-electron chi connectivity index (χ2n) is 9.56. The second-order valence-corrected chi connectivity index (χ2v) is 9.56. The number of nitrogens with zero attached hydrogens (tertiary/aromatic N) is 4. The summed E-state index contributed by atoms with van der Waals surface area (Å²) in [4.78, 5) is 30.4. The molecule has 1 spiro atoms. The van der Waals surface area contributed by atoms with Gasteiger partial charge in [0, 0.05) is 19.8 Å². The van der Waals surface area contributed by atoms with E-state index in [2.05, 4.69) is 27.4 Å². The maximum Gasteiger partial charge on any atom is 0.238 e. The van der Waals surface area contributed by atoms with E-state index in [4.69, 9.17) is 4.74 Å². The van der Waals surface area contributed by atoms with E-state index in [0.29, 0.717) is 31.9 Å². The first-order chi connectivity index (χ1) is 16.5. The zero-order valence-corrected chi connectivity index (χ0v) is 20.5. The van der Waals surface area contributed by atoms with Gasteiger partial charge in [0.05, 0.1) is 30.4 Å². The Morgan fingerprint density at radius 1 is 1.15 bits per heavy atom. The number of hydrogen-bond donors (Lipinski definition) is 1. The van der Waals surface area contributed by atoms with Crippen LogP contribution in [0, 0.1) is 5.41 Å². The molecule has 34 heavy (non-hydrogen) atoms. The van der Waals surface area contributed by atoms with E-state index in [-0.39, 0.29) is 17.2 Å². The normalized spacial score (nSPS) is 19.6. The van der Waals surface area contributed by atoms with Gasteiger partial charge in [-0.05, 0) is 63.7 Å². The Balaban J connectivity index is 1.39. The summed E-state index contributed by atoms with van der Waals surface area (Å²) >= 11 is 0. The molecule has 4 rings (SSSR count). The number of likely N-dealkylation sites (tertiary alicyclic amines) is 1. The Morgan fingerprint density at radius 3 is 2.68 bits per heavy atom. The van der Waals surface area contributed by atoms with Crippen molar-refractivity contribution < 1.29 is 14.3 Å². The van der Waals surface area contributed by atoms with Crippen molar-refractivity contribution in [1.29, 1.82) is 0 Å². The molecule has 2 aromatic rings. The van der Waals surface area contributed by atoms with Crippen molar-refractivity contribution in [2.24, 2.45) is 12.5 Å². The number of rotatable bonds is 4. The van der Waals surface area contributed by atoms with Crippen molar-refractivity contribution in [2.45, 2.75) is 45.4 Å². The van der Waals surface area contributed by atoms with Crippen molar-refractivity contribution in [1.82, 2.24) is 19.6 Å². The molecule has 0 radical (unpaired) electrons. The summed E-state index contributed by atoms with van der Waals surface area (Å²) in [7, 11) is 1.82. The number of aryl methyl sites for hydroxylation is 2. The number of hydrogen-bond acceptors (Lipinski definition) is 5. The summed E-state index contributed by atoms with van der Waals surface area (Å²) in [6.07, 6.45) is 8.94. The van der Waals surface area contributed by atoms with Crippen LogP contribution in [-0.2, 0) is 23.1 Å². The molecule has 3 heterocycles. The monoisotopic (exact) mass is 467 g/mol. The van der Waals surface area contributed by atoms with Crippen molar-refractivity contribution in [3.8, 4) is 5.75 Å². The molecule has 8 nitrogen and oxygen atoms in total. The third-order valence-electron chi connectivity index (χ3n) is 7.23. The maximum atomic E-state index is 13.8. The van der Waals surface area contributed by atoms with Gasteiger partial charge in [0.15, 0.2) is 0 Å². The van der Waals surface area contributed by atoms with E-state index in [0.717, 1.165) is 57.4 Å². The molecule has 1 N–H and O–H groups in total. The third kappa shape index (κ3) is 5.78. The minimum atomic E-state index is -0.342. The minimum Gasteiger partial charge on any atom is -0.491 e. The average molecular weight is 468 g/mol. The van der Waals surface area contributed by atoms with Gasteiger partial charge < -0.3 is 15.0 Å². The molecule has 0 unspecified atom stereocenters. The molecule has 2 aliphatic heterocycles. The highest BCUT2D eigenvalue weighted by atomic mass is 16.5. The average Bonchev–Trinajstić information content (AvgIpc) is 3.24. The molecule has 0 aliphatic carbocycles. The largest absolute Gasteiger partial charge is 0.491 e. The van der Waals surface area contributed by atoms with E-state index in [1.165, 1.54) is 5.56 Å². The third-order valence-corrected chi connectivity index (χ3v) is 7.23. The molecular formula is C26H37N5O3. The highest BCUT2D eigenvalue weighted by Crippen LogP contribution is 2.39. The highest BCUT2D eigenvalue weighted by molar-refractivity contribution is 5.92. The SMILES string of the molecule is CCN1CCOc2ccccc2CCCCC2(CCN(CC(=O)Nc3cnn(C)c3)CC2)C1=O. The number of ether oxygens (including phenoxy) is 1. The van der Waals surface area contributed by atoms with Crippen molar-refractivity contribution in [2.75, 3.05) is 44.6 Å². The van der Waals surface area contributed by atoms with Crippen LogP contribution in [-0.4, -0.2) is 70.7 Å². The number of fused-ring (bicyclic) bond motifs is 1. The molecule has 8 heteroatoms. The molecule has 0 atom stereocenters. The molecular weight excluding hydrogens is 430 g/mol. The number of carbonyl (C=O) groups is 2. The van der Waals surface area contributed by atoms with Crippen LogP contribution in [0.4, 0.5) is 5.69 Å². The van der Waals surface area contributed by atoms with Gasteiger partial charge in [-0.1, -0.05) is 24.6 Å². The fourth-order valence-electron chi connectivity index (χ4n) is 5.23. The lowest BCUT2D eigenvalue weighted by Crippen LogP contribution is -2.52. The maximum absolute atomic E-state index is 13.8. The first-order valence-corrected chi connectivity index (χ1v) is 12.5. The van der Waals surface area contributed by atoms with Crippen LogP contribution in [0.1, 0.15) is 44.6 Å². The molecule has 1 aromatic heterocycles. The summed E-state index contributed by atoms with van der Waals surface area (Å²) in [5, 5.41) is 7.00. The Bertz CT molecular complexity index is 980. The number of anilines is 1. The predicted molar refractivity (Wildman–Crippen MR) is 132 cm³/mol. The number of carbonyl (C=O) groups excluding carboxylic acids is 2. The summed E-state index contributed by atoms with van der Waals surface area (Å²) in [6.45, 7) is 5.68. The fourth-order valence-corrected chi connectivity index (χ4v) is 5.23. The van der Waals surface area contributed by atoms with Gasteiger partial charge in [0.2, 0.25) is 11.8 Å². The van der Waals surface area contributed by atoms with Crippen molar-refractivity contribution in [3.63, 3.8) is 0 Å². The van der Waals surface area contributed by atoms with E-state index in [1.54, 1.807) is 17.1 Å². The Morgan fingerprint density at radius 2 is 1.94 bits per heavy atom. The number of benzene rings is 1. The lowest BCUT2D eigenvalue weighted by molar-refractivity contribution is -0.146. The van der Waals surface area contributed by atoms with Gasteiger partial charge in [0.25, 0.3) is 0 Å². The molecule has 0 saturated carbocycles. The second kappa shape index (κ2) is 11.0. The first kappa shape index (κ1) is 24.3. The van der Waals surface area contributed by atoms with Crippen LogP contribution in [0.25, 0.3) is 0 Å². The minimum absolute atomic E-state index is 0.0417. The van der Waals surface area contributed by atoms with E-state index < -0.39 is 0 Å². The topological polar surface area (TPSA) is 79.7 Å². The van der Waals surface area contributed by atoms with Crippen molar-refractivity contribution in [3.05, 3.63) is 42.2 Å². The first-order valence-electron chi connectivity index (χ1n) is 12.5. The summed E-state index contributed by atoms with van der Waals surface area (Å²) in [6, 6.07) is 8.25. The van der Waals surface area contributed by atoms with Crippen molar-refractivity contribution >= 4 is 17.5 Å². The standard InChI is InChI=1S/C26H37N5O3/c1-3-31-16-17-34-23-10-5-4-8-21(23)9-6-7-11-26(25(31)33)12-14-30(15-13-26)20-24(32)28-22-18-27-29(2)19-22/h4-5,8,10,18-19H,3,6-7,9,11-17,20H2,1-2H3,(H,28,32).